The van der Waals surface area contributed by atoms with E-state index in [1.807, 2.05) is 30.5 Å². The molecule has 0 aliphatic rings. The Morgan fingerprint density at radius 3 is 3.05 bits per heavy atom. The molecule has 0 spiro atoms. The number of benzene rings is 1. The van der Waals surface area contributed by atoms with Gasteiger partial charge in [0.2, 0.25) is 0 Å². The van der Waals surface area contributed by atoms with Gasteiger partial charge in [0.15, 0.2) is 0 Å². The topological polar surface area (TPSA) is 60.9 Å². The fourth-order valence-electron chi connectivity index (χ4n) is 1.87. The summed E-state index contributed by atoms with van der Waals surface area (Å²) >= 11 is 6.00. The van der Waals surface area contributed by atoms with Crippen molar-refractivity contribution in [2.75, 3.05) is 6.54 Å². The van der Waals surface area contributed by atoms with Gasteiger partial charge in [-0.2, -0.15) is 5.10 Å². The zero-order valence-electron chi connectivity index (χ0n) is 10.9. The maximum Gasteiger partial charge on any atom is 0.0695 e. The molecule has 0 aliphatic heterocycles. The standard InChI is InChI=1S/C14H18ClN3O/c1-10(19)5-6-16-8-12-9-17-18-14(12)11-3-2-4-13(15)7-11/h2-4,7,9-10,16,19H,5-6,8H2,1H3,(H,17,18). The second-order valence-electron chi connectivity index (χ2n) is 4.60. The number of H-pyrrole nitrogens is 1. The number of aliphatic hydroxyl groups is 1. The lowest BCUT2D eigenvalue weighted by Gasteiger charge is -2.07. The van der Waals surface area contributed by atoms with Crippen LogP contribution in [0.5, 0.6) is 0 Å². The molecule has 1 heterocycles. The Bertz CT molecular complexity index is 525. The third kappa shape index (κ3) is 4.06. The van der Waals surface area contributed by atoms with Gasteiger partial charge in [-0.1, -0.05) is 23.7 Å². The highest BCUT2D eigenvalue weighted by molar-refractivity contribution is 6.30. The van der Waals surface area contributed by atoms with Crippen molar-refractivity contribution >= 4 is 11.6 Å². The van der Waals surface area contributed by atoms with Crippen molar-refractivity contribution in [3.63, 3.8) is 0 Å². The average molecular weight is 280 g/mol. The summed E-state index contributed by atoms with van der Waals surface area (Å²) in [6, 6.07) is 7.68. The number of aromatic nitrogens is 2. The third-order valence-electron chi connectivity index (χ3n) is 2.89. The van der Waals surface area contributed by atoms with E-state index in [4.69, 9.17) is 11.6 Å². The monoisotopic (exact) mass is 279 g/mol. The van der Waals surface area contributed by atoms with Crippen molar-refractivity contribution < 1.29 is 5.11 Å². The highest BCUT2D eigenvalue weighted by Crippen LogP contribution is 2.23. The van der Waals surface area contributed by atoms with Gasteiger partial charge in [0, 0.05) is 22.7 Å². The van der Waals surface area contributed by atoms with Crippen LogP contribution in [0.4, 0.5) is 0 Å². The number of aliphatic hydroxyl groups excluding tert-OH is 1. The summed E-state index contributed by atoms with van der Waals surface area (Å²) in [5.74, 6) is 0. The van der Waals surface area contributed by atoms with Crippen molar-refractivity contribution in [2.24, 2.45) is 0 Å². The number of aromatic amines is 1. The van der Waals surface area contributed by atoms with Crippen LogP contribution in [0.15, 0.2) is 30.5 Å². The zero-order chi connectivity index (χ0) is 13.7. The van der Waals surface area contributed by atoms with E-state index in [2.05, 4.69) is 15.5 Å². The minimum absolute atomic E-state index is 0.274. The van der Waals surface area contributed by atoms with E-state index in [1.165, 1.54) is 0 Å². The Hall–Kier alpha value is -1.36. The normalized spacial score (nSPS) is 12.6. The second-order valence-corrected chi connectivity index (χ2v) is 5.03. The lowest BCUT2D eigenvalue weighted by Crippen LogP contribution is -2.18. The maximum atomic E-state index is 9.20. The fourth-order valence-corrected chi connectivity index (χ4v) is 2.06. The minimum Gasteiger partial charge on any atom is -0.393 e. The quantitative estimate of drug-likeness (QED) is 0.712. The van der Waals surface area contributed by atoms with E-state index >= 15 is 0 Å². The maximum absolute atomic E-state index is 9.20. The van der Waals surface area contributed by atoms with Crippen LogP contribution in [-0.4, -0.2) is 28.0 Å². The fraction of sp³-hybridized carbons (Fsp3) is 0.357. The Kier molecular flexibility index (Phi) is 4.96. The summed E-state index contributed by atoms with van der Waals surface area (Å²) in [5, 5.41) is 20.3. The molecule has 4 nitrogen and oxygen atoms in total. The molecule has 0 radical (unpaired) electrons. The van der Waals surface area contributed by atoms with Gasteiger partial charge in [-0.25, -0.2) is 0 Å². The number of rotatable bonds is 6. The van der Waals surface area contributed by atoms with Crippen LogP contribution in [-0.2, 0) is 6.54 Å². The molecule has 1 atom stereocenters. The van der Waals surface area contributed by atoms with Crippen molar-refractivity contribution in [3.8, 4) is 11.3 Å². The number of hydrogen-bond acceptors (Lipinski definition) is 3. The molecule has 5 heteroatoms. The minimum atomic E-state index is -0.274. The van der Waals surface area contributed by atoms with Gasteiger partial charge < -0.3 is 10.4 Å². The van der Waals surface area contributed by atoms with Gasteiger partial charge >= 0.3 is 0 Å². The molecule has 0 saturated carbocycles. The number of hydrogen-bond donors (Lipinski definition) is 3. The molecule has 2 aromatic rings. The highest BCUT2D eigenvalue weighted by atomic mass is 35.5. The lowest BCUT2D eigenvalue weighted by atomic mass is 10.1. The van der Waals surface area contributed by atoms with Crippen LogP contribution in [0.2, 0.25) is 5.02 Å². The first-order valence-electron chi connectivity index (χ1n) is 6.34. The van der Waals surface area contributed by atoms with Gasteiger partial charge in [0.25, 0.3) is 0 Å². The summed E-state index contributed by atoms with van der Waals surface area (Å²) in [6.45, 7) is 3.28. The van der Waals surface area contributed by atoms with Gasteiger partial charge in [-0.05, 0) is 32.0 Å². The lowest BCUT2D eigenvalue weighted by molar-refractivity contribution is 0.183. The van der Waals surface area contributed by atoms with Crippen molar-refractivity contribution in [2.45, 2.75) is 26.0 Å². The summed E-state index contributed by atoms with van der Waals surface area (Å²) in [7, 11) is 0. The second kappa shape index (κ2) is 6.70. The smallest absolute Gasteiger partial charge is 0.0695 e. The van der Waals surface area contributed by atoms with E-state index in [0.29, 0.717) is 11.6 Å². The largest absolute Gasteiger partial charge is 0.393 e. The molecule has 2 rings (SSSR count). The Morgan fingerprint density at radius 1 is 1.47 bits per heavy atom. The van der Waals surface area contributed by atoms with Crippen LogP contribution >= 0.6 is 11.6 Å². The molecule has 19 heavy (non-hydrogen) atoms. The molecular weight excluding hydrogens is 262 g/mol. The molecule has 3 N–H and O–H groups in total. The SMILES string of the molecule is CC(O)CCNCc1cn[nH]c1-c1cccc(Cl)c1. The van der Waals surface area contributed by atoms with Crippen LogP contribution in [0.25, 0.3) is 11.3 Å². The molecular formula is C14H18ClN3O. The molecule has 0 bridgehead atoms. The first-order chi connectivity index (χ1) is 9.16. The molecule has 0 amide bonds. The van der Waals surface area contributed by atoms with E-state index in [9.17, 15) is 5.11 Å². The molecule has 1 unspecified atom stereocenters. The summed E-state index contributed by atoms with van der Waals surface area (Å²) in [5.41, 5.74) is 3.09. The molecule has 0 fully saturated rings. The summed E-state index contributed by atoms with van der Waals surface area (Å²) in [4.78, 5) is 0. The Labute approximate surface area is 117 Å². The molecule has 1 aromatic carbocycles. The van der Waals surface area contributed by atoms with Crippen LogP contribution in [0.1, 0.15) is 18.9 Å². The van der Waals surface area contributed by atoms with Crippen LogP contribution < -0.4 is 5.32 Å². The van der Waals surface area contributed by atoms with Crippen molar-refractivity contribution in [3.05, 3.63) is 41.0 Å². The van der Waals surface area contributed by atoms with Crippen LogP contribution in [0.3, 0.4) is 0 Å². The van der Waals surface area contributed by atoms with Gasteiger partial charge in [0.05, 0.1) is 18.0 Å². The van der Waals surface area contributed by atoms with E-state index in [1.54, 1.807) is 6.92 Å². The third-order valence-corrected chi connectivity index (χ3v) is 3.12. The van der Waals surface area contributed by atoms with Crippen molar-refractivity contribution in [1.82, 2.24) is 15.5 Å². The molecule has 102 valence electrons. The first-order valence-corrected chi connectivity index (χ1v) is 6.71. The molecule has 0 saturated heterocycles. The summed E-state index contributed by atoms with van der Waals surface area (Å²) < 4.78 is 0. The Morgan fingerprint density at radius 2 is 2.32 bits per heavy atom. The highest BCUT2D eigenvalue weighted by Gasteiger charge is 2.07. The predicted molar refractivity (Wildman–Crippen MR) is 77.0 cm³/mol. The molecule has 0 aliphatic carbocycles. The first kappa shape index (κ1) is 14.1. The number of nitrogens with one attached hydrogen (secondary N) is 2. The van der Waals surface area contributed by atoms with E-state index in [0.717, 1.165) is 29.8 Å². The Balaban J connectivity index is 2.02. The summed E-state index contributed by atoms with van der Waals surface area (Å²) in [6.07, 6.45) is 2.28. The molecule has 1 aromatic heterocycles. The van der Waals surface area contributed by atoms with Gasteiger partial charge in [0.1, 0.15) is 0 Å². The number of halogens is 1. The average Bonchev–Trinajstić information content (AvgIpc) is 2.83. The number of nitrogens with zero attached hydrogens (tertiary/aromatic N) is 1. The van der Waals surface area contributed by atoms with Crippen molar-refractivity contribution in [1.29, 1.82) is 0 Å². The van der Waals surface area contributed by atoms with E-state index < -0.39 is 0 Å². The zero-order valence-corrected chi connectivity index (χ0v) is 11.6. The van der Waals surface area contributed by atoms with Crippen LogP contribution in [0, 0.1) is 0 Å². The van der Waals surface area contributed by atoms with E-state index in [-0.39, 0.29) is 6.10 Å². The van der Waals surface area contributed by atoms with Gasteiger partial charge in [-0.15, -0.1) is 0 Å². The van der Waals surface area contributed by atoms with Gasteiger partial charge in [-0.3, -0.25) is 5.10 Å². The predicted octanol–water partition coefficient (Wildman–Crippen LogP) is 2.59.